The van der Waals surface area contributed by atoms with Crippen LogP contribution in [0.25, 0.3) is 0 Å². The van der Waals surface area contributed by atoms with Gasteiger partial charge in [0.1, 0.15) is 0 Å². The summed E-state index contributed by atoms with van der Waals surface area (Å²) in [5, 5.41) is 5.90. The quantitative estimate of drug-likeness (QED) is 0.502. The molecule has 11 heavy (non-hydrogen) atoms. The van der Waals surface area contributed by atoms with E-state index in [0.29, 0.717) is 0 Å². The minimum atomic E-state index is 1.33. The third-order valence-corrected chi connectivity index (χ3v) is 1.22. The van der Waals surface area contributed by atoms with E-state index in [9.17, 15) is 0 Å². The molecule has 1 N–H and O–H groups in total. The van der Waals surface area contributed by atoms with Gasteiger partial charge in [-0.25, -0.2) is 0 Å². The number of rotatable bonds is 0. The van der Waals surface area contributed by atoms with Gasteiger partial charge in [0.15, 0.2) is 0 Å². The molecule has 1 nitrogen and oxygen atoms in total. The van der Waals surface area contributed by atoms with E-state index >= 15 is 0 Å². The predicted octanol–water partition coefficient (Wildman–Crippen LogP) is 1.94. The van der Waals surface area contributed by atoms with E-state index in [1.165, 1.54) is 11.1 Å². The average molecular weight is 212 g/mol. The fourth-order valence-electron chi connectivity index (χ4n) is 0.637. The third-order valence-electron chi connectivity index (χ3n) is 1.22. The van der Waals surface area contributed by atoms with Crippen molar-refractivity contribution in [2.45, 2.75) is 13.8 Å². The summed E-state index contributed by atoms with van der Waals surface area (Å²) in [4.78, 5) is 0. The van der Waals surface area contributed by atoms with Gasteiger partial charge in [0.2, 0.25) is 0 Å². The van der Waals surface area contributed by atoms with Gasteiger partial charge < -0.3 is 0 Å². The Kier molecular flexibility index (Phi) is 5.68. The normalized spacial score (nSPS) is 7.45. The summed E-state index contributed by atoms with van der Waals surface area (Å²) in [7, 11) is 0. The van der Waals surface area contributed by atoms with E-state index in [4.69, 9.17) is 5.41 Å². The van der Waals surface area contributed by atoms with Crippen molar-refractivity contribution in [1.29, 1.82) is 5.41 Å². The summed E-state index contributed by atoms with van der Waals surface area (Å²) in [6.07, 6.45) is 0. The first kappa shape index (κ1) is 10.3. The van der Waals surface area contributed by atoms with Crippen LogP contribution in [0.5, 0.6) is 0 Å². The molecule has 1 aromatic carbocycles. The van der Waals surface area contributed by atoms with Gasteiger partial charge in [-0.05, 0) is 13.8 Å². The molecule has 0 fully saturated rings. The molecule has 0 bridgehead atoms. The van der Waals surface area contributed by atoms with Crippen LogP contribution in [0.2, 0.25) is 0 Å². The van der Waals surface area contributed by atoms with Crippen molar-refractivity contribution in [3.63, 3.8) is 0 Å². The second kappa shape index (κ2) is 6.06. The Morgan fingerprint density at radius 3 is 1.45 bits per heavy atom. The van der Waals surface area contributed by atoms with E-state index in [2.05, 4.69) is 53.7 Å². The van der Waals surface area contributed by atoms with E-state index in [-0.39, 0.29) is 0 Å². The Bertz CT molecular complexity index is 211. The van der Waals surface area contributed by atoms with Crippen LogP contribution in [0.15, 0.2) is 24.3 Å². The van der Waals surface area contributed by atoms with E-state index in [1.807, 2.05) is 4.71 Å². The van der Waals surface area contributed by atoms with Gasteiger partial charge in [-0.15, -0.1) is 0 Å². The molecule has 2 heteroatoms. The molecule has 0 atom stereocenters. The van der Waals surface area contributed by atoms with Crippen LogP contribution in [0.1, 0.15) is 11.1 Å². The first-order valence-electron chi connectivity index (χ1n) is 3.28. The van der Waals surface area contributed by atoms with Crippen molar-refractivity contribution >= 4 is 20.3 Å². The van der Waals surface area contributed by atoms with Crippen LogP contribution in [0, 0.1) is 19.3 Å². The molecule has 0 saturated carbocycles. The number of hydrogen-bond donors (Lipinski definition) is 1. The average Bonchev–Trinajstić information content (AvgIpc) is 1.97. The zero-order chi connectivity index (χ0) is 8.69. The first-order valence-corrected chi connectivity index (χ1v) is 4.13. The second-order valence-corrected chi connectivity index (χ2v) is 2.69. The molecule has 0 aromatic heterocycles. The zero-order valence-electron chi connectivity index (χ0n) is 6.72. The van der Waals surface area contributed by atoms with Gasteiger partial charge in [0.05, 0.1) is 0 Å². The number of benzene rings is 1. The van der Waals surface area contributed by atoms with Crippen LogP contribution in [0.3, 0.4) is 0 Å². The van der Waals surface area contributed by atoms with Crippen molar-refractivity contribution in [3.8, 4) is 0 Å². The van der Waals surface area contributed by atoms with Crippen LogP contribution in [-0.4, -0.2) is 20.3 Å². The first-order chi connectivity index (χ1) is 5.20. The maximum atomic E-state index is 5.90. The maximum absolute atomic E-state index is 5.90. The van der Waals surface area contributed by atoms with Gasteiger partial charge in [-0.3, -0.25) is 0 Å². The van der Waals surface area contributed by atoms with Crippen LogP contribution in [0.4, 0.5) is 0 Å². The van der Waals surface area contributed by atoms with Crippen molar-refractivity contribution < 1.29 is 0 Å². The summed E-state index contributed by atoms with van der Waals surface area (Å²) in [5.41, 5.74) is 2.66. The van der Waals surface area contributed by atoms with Crippen LogP contribution >= 0.6 is 0 Å². The van der Waals surface area contributed by atoms with Crippen molar-refractivity contribution in [1.82, 2.24) is 0 Å². The molecule has 0 amide bonds. The minimum absolute atomic E-state index is 1.33. The molecule has 0 aliphatic heterocycles. The number of hydrogen-bond acceptors (Lipinski definition) is 1. The summed E-state index contributed by atoms with van der Waals surface area (Å²) < 4.78 is 1.88. The van der Waals surface area contributed by atoms with E-state index in [0.717, 1.165) is 0 Å². The molecule has 58 valence electrons. The Morgan fingerprint density at radius 2 is 1.27 bits per heavy atom. The molecule has 1 aromatic rings. The van der Waals surface area contributed by atoms with Crippen molar-refractivity contribution in [2.75, 3.05) is 0 Å². The van der Waals surface area contributed by atoms with E-state index in [1.54, 1.807) is 0 Å². The van der Waals surface area contributed by atoms with Crippen molar-refractivity contribution in [3.05, 3.63) is 35.4 Å². The molecule has 1 rings (SSSR count). The topological polar surface area (TPSA) is 23.9 Å². The molecule has 0 saturated heterocycles. The third kappa shape index (κ3) is 5.75. The van der Waals surface area contributed by atoms with Crippen LogP contribution in [-0.2, 0) is 0 Å². The van der Waals surface area contributed by atoms with Crippen molar-refractivity contribution in [2.24, 2.45) is 0 Å². The van der Waals surface area contributed by atoms with Gasteiger partial charge >= 0.3 is 25.7 Å². The predicted molar refractivity (Wildman–Crippen MR) is 49.4 cm³/mol. The van der Waals surface area contributed by atoms with Gasteiger partial charge in [-0.2, -0.15) is 0 Å². The number of nitrogens with one attached hydrogen (secondary N) is 1. The molecule has 0 aliphatic carbocycles. The molecule has 0 spiro atoms. The van der Waals surface area contributed by atoms with Crippen LogP contribution < -0.4 is 0 Å². The Morgan fingerprint density at radius 1 is 1.09 bits per heavy atom. The summed E-state index contributed by atoms with van der Waals surface area (Å²) in [6, 6.07) is 8.48. The second-order valence-electron chi connectivity index (χ2n) is 2.26. The van der Waals surface area contributed by atoms with Gasteiger partial charge in [-0.1, -0.05) is 35.4 Å². The molecular weight excluding hydrogens is 201 g/mol. The molecule has 0 aliphatic rings. The SMILES string of the molecule is Cc1ccc(C)cc1.N=C=[Se]. The Labute approximate surface area is 75.3 Å². The monoisotopic (exact) mass is 213 g/mol. The van der Waals surface area contributed by atoms with E-state index < -0.39 is 0 Å². The molecule has 0 heterocycles. The molecular formula is C9H11NSe. The summed E-state index contributed by atoms with van der Waals surface area (Å²) in [6.45, 7) is 4.19. The Balaban J connectivity index is 0.000000292. The Hall–Kier alpha value is -0.681. The van der Waals surface area contributed by atoms with Gasteiger partial charge in [0.25, 0.3) is 0 Å². The molecule has 0 radical (unpaired) electrons. The summed E-state index contributed by atoms with van der Waals surface area (Å²) >= 11 is 2.22. The zero-order valence-corrected chi connectivity index (χ0v) is 8.43. The van der Waals surface area contributed by atoms with Gasteiger partial charge in [0, 0.05) is 0 Å². The standard InChI is InChI=1S/C8H10.CHNSe/c1-7-3-5-8(2)6-4-7;2-1-3/h3-6H,1-2H3;2H. The fourth-order valence-corrected chi connectivity index (χ4v) is 0.637. The number of aryl methyl sites for hydroxylation is 2. The fraction of sp³-hybridized carbons (Fsp3) is 0.222. The summed E-state index contributed by atoms with van der Waals surface area (Å²) in [5.74, 6) is 0. The molecule has 0 unspecified atom stereocenters.